The Labute approximate surface area is 132 Å². The maximum atomic E-state index is 13.4. The molecule has 0 unspecified atom stereocenters. The third-order valence-electron chi connectivity index (χ3n) is 4.25. The van der Waals surface area contributed by atoms with Crippen LogP contribution in [0.2, 0.25) is 0 Å². The molecule has 0 aliphatic carbocycles. The summed E-state index contributed by atoms with van der Waals surface area (Å²) in [6.45, 7) is 3.74. The maximum absolute atomic E-state index is 13.4. The first-order valence-electron chi connectivity index (χ1n) is 7.31. The molecule has 2 aromatic rings. The average Bonchev–Trinajstić information content (AvgIpc) is 2.96. The fourth-order valence-corrected chi connectivity index (χ4v) is 3.17. The van der Waals surface area contributed by atoms with Crippen LogP contribution in [0, 0.1) is 5.82 Å². The highest BCUT2D eigenvalue weighted by Gasteiger charge is 2.34. The van der Waals surface area contributed by atoms with Crippen molar-refractivity contribution in [3.05, 3.63) is 58.8 Å². The van der Waals surface area contributed by atoms with Gasteiger partial charge in [-0.3, -0.25) is 4.79 Å². The lowest BCUT2D eigenvalue weighted by atomic mass is 9.89. The van der Waals surface area contributed by atoms with E-state index < -0.39 is 5.97 Å². The number of benzene rings is 1. The van der Waals surface area contributed by atoms with Gasteiger partial charge in [0.25, 0.3) is 5.91 Å². The van der Waals surface area contributed by atoms with Gasteiger partial charge in [0, 0.05) is 12.1 Å². The number of carbonyl (C=O) groups is 2. The predicted octanol–water partition coefficient (Wildman–Crippen LogP) is 3.26. The summed E-state index contributed by atoms with van der Waals surface area (Å²) >= 11 is 0. The normalized spacial score (nSPS) is 20.2. The number of rotatable bonds is 2. The number of hydrogen-bond donors (Lipinski definition) is 1. The SMILES string of the molecule is C[C@H]1Cc2cc(F)ccc2[C@H](C)N1C(=O)c1cc(C(=O)O)co1. The topological polar surface area (TPSA) is 70.8 Å². The summed E-state index contributed by atoms with van der Waals surface area (Å²) in [5.74, 6) is -1.81. The Kier molecular flexibility index (Phi) is 3.67. The molecule has 1 aromatic heterocycles. The summed E-state index contributed by atoms with van der Waals surface area (Å²) in [5.41, 5.74) is 1.72. The van der Waals surface area contributed by atoms with Gasteiger partial charge in [-0.2, -0.15) is 0 Å². The highest BCUT2D eigenvalue weighted by molar-refractivity contribution is 5.96. The molecule has 3 rings (SSSR count). The fourth-order valence-electron chi connectivity index (χ4n) is 3.17. The molecular formula is C17H16FNO4. The lowest BCUT2D eigenvalue weighted by Gasteiger charge is -2.40. The van der Waals surface area contributed by atoms with Crippen LogP contribution in [0.3, 0.4) is 0 Å². The minimum absolute atomic E-state index is 0.00772. The Morgan fingerprint density at radius 3 is 2.70 bits per heavy atom. The molecule has 6 heteroatoms. The zero-order valence-electron chi connectivity index (χ0n) is 12.7. The number of halogens is 1. The third kappa shape index (κ3) is 2.60. The minimum atomic E-state index is -1.15. The van der Waals surface area contributed by atoms with E-state index >= 15 is 0 Å². The van der Waals surface area contributed by atoms with Crippen molar-refractivity contribution < 1.29 is 23.5 Å². The number of amides is 1. The Balaban J connectivity index is 1.94. The van der Waals surface area contributed by atoms with Crippen LogP contribution in [0.15, 0.2) is 34.9 Å². The van der Waals surface area contributed by atoms with E-state index in [0.29, 0.717) is 6.42 Å². The van der Waals surface area contributed by atoms with Crippen molar-refractivity contribution in [3.63, 3.8) is 0 Å². The van der Waals surface area contributed by atoms with E-state index in [9.17, 15) is 14.0 Å². The number of fused-ring (bicyclic) bond motifs is 1. The van der Waals surface area contributed by atoms with E-state index in [1.807, 2.05) is 13.8 Å². The molecule has 0 radical (unpaired) electrons. The van der Waals surface area contributed by atoms with Gasteiger partial charge in [-0.25, -0.2) is 9.18 Å². The van der Waals surface area contributed by atoms with Crippen LogP contribution >= 0.6 is 0 Å². The molecule has 5 nitrogen and oxygen atoms in total. The van der Waals surface area contributed by atoms with Crippen LogP contribution in [0.1, 0.15) is 51.9 Å². The zero-order chi connectivity index (χ0) is 16.7. The van der Waals surface area contributed by atoms with E-state index in [-0.39, 0.29) is 35.1 Å². The second kappa shape index (κ2) is 5.53. The molecule has 120 valence electrons. The molecule has 0 saturated carbocycles. The number of carboxylic acid groups (broad SMARTS) is 1. The number of furan rings is 1. The second-order valence-electron chi connectivity index (χ2n) is 5.79. The quantitative estimate of drug-likeness (QED) is 0.923. The van der Waals surface area contributed by atoms with Gasteiger partial charge >= 0.3 is 5.97 Å². The molecule has 0 spiro atoms. The molecule has 0 bridgehead atoms. The summed E-state index contributed by atoms with van der Waals surface area (Å²) in [7, 11) is 0. The van der Waals surface area contributed by atoms with Crippen molar-refractivity contribution in [1.29, 1.82) is 0 Å². The van der Waals surface area contributed by atoms with Gasteiger partial charge in [0.15, 0.2) is 5.76 Å². The molecule has 1 aliphatic heterocycles. The van der Waals surface area contributed by atoms with Gasteiger partial charge in [0.2, 0.25) is 0 Å². The van der Waals surface area contributed by atoms with Crippen LogP contribution in [0.4, 0.5) is 4.39 Å². The second-order valence-corrected chi connectivity index (χ2v) is 5.79. The van der Waals surface area contributed by atoms with Crippen molar-refractivity contribution in [2.75, 3.05) is 0 Å². The van der Waals surface area contributed by atoms with Gasteiger partial charge in [0.05, 0.1) is 11.6 Å². The molecule has 23 heavy (non-hydrogen) atoms. The van der Waals surface area contributed by atoms with Gasteiger partial charge in [0.1, 0.15) is 12.1 Å². The summed E-state index contributed by atoms with van der Waals surface area (Å²) in [5, 5.41) is 8.93. The number of nitrogens with zero attached hydrogens (tertiary/aromatic N) is 1. The fraction of sp³-hybridized carbons (Fsp3) is 0.294. The lowest BCUT2D eigenvalue weighted by Crippen LogP contribution is -2.44. The molecular weight excluding hydrogens is 301 g/mol. The monoisotopic (exact) mass is 317 g/mol. The molecule has 1 N–H and O–H groups in total. The summed E-state index contributed by atoms with van der Waals surface area (Å²) in [6, 6.07) is 5.39. The molecule has 0 fully saturated rings. The van der Waals surface area contributed by atoms with E-state index in [1.54, 1.807) is 11.0 Å². The Morgan fingerprint density at radius 1 is 1.30 bits per heavy atom. The van der Waals surface area contributed by atoms with Crippen molar-refractivity contribution in [1.82, 2.24) is 4.90 Å². The van der Waals surface area contributed by atoms with E-state index in [0.717, 1.165) is 17.4 Å². The van der Waals surface area contributed by atoms with Crippen molar-refractivity contribution in [2.24, 2.45) is 0 Å². The number of hydrogen-bond acceptors (Lipinski definition) is 3. The number of carbonyl (C=O) groups excluding carboxylic acids is 1. The molecule has 2 heterocycles. The van der Waals surface area contributed by atoms with E-state index in [2.05, 4.69) is 0 Å². The summed E-state index contributed by atoms with van der Waals surface area (Å²) in [6.07, 6.45) is 1.59. The van der Waals surface area contributed by atoms with Crippen LogP contribution in [0.25, 0.3) is 0 Å². The zero-order valence-corrected chi connectivity index (χ0v) is 12.7. The molecule has 2 atom stereocenters. The van der Waals surface area contributed by atoms with Gasteiger partial charge in [-0.05, 0) is 43.5 Å². The van der Waals surface area contributed by atoms with E-state index in [4.69, 9.17) is 9.52 Å². The van der Waals surface area contributed by atoms with Gasteiger partial charge < -0.3 is 14.4 Å². The summed E-state index contributed by atoms with van der Waals surface area (Å²) in [4.78, 5) is 25.3. The highest BCUT2D eigenvalue weighted by Crippen LogP contribution is 2.34. The first kappa shape index (κ1) is 15.3. The largest absolute Gasteiger partial charge is 0.478 e. The molecule has 0 saturated heterocycles. The molecule has 1 aromatic carbocycles. The first-order chi connectivity index (χ1) is 10.9. The van der Waals surface area contributed by atoms with Crippen molar-refractivity contribution in [3.8, 4) is 0 Å². The Morgan fingerprint density at radius 2 is 2.04 bits per heavy atom. The van der Waals surface area contributed by atoms with Crippen LogP contribution in [-0.2, 0) is 6.42 Å². The van der Waals surface area contributed by atoms with Crippen molar-refractivity contribution in [2.45, 2.75) is 32.4 Å². The van der Waals surface area contributed by atoms with E-state index in [1.165, 1.54) is 18.2 Å². The van der Waals surface area contributed by atoms with Crippen LogP contribution < -0.4 is 0 Å². The minimum Gasteiger partial charge on any atom is -0.478 e. The Bertz CT molecular complexity index is 783. The Hall–Kier alpha value is -2.63. The molecule has 1 amide bonds. The summed E-state index contributed by atoms with van der Waals surface area (Å²) < 4.78 is 18.5. The average molecular weight is 317 g/mol. The maximum Gasteiger partial charge on any atom is 0.338 e. The van der Waals surface area contributed by atoms with Crippen molar-refractivity contribution >= 4 is 11.9 Å². The smallest absolute Gasteiger partial charge is 0.338 e. The standard InChI is InChI=1S/C17H16FNO4/c1-9-5-11-6-13(18)3-4-14(11)10(2)19(9)16(20)15-7-12(8-23-15)17(21)22/h3-4,6-10H,5H2,1-2H3,(H,21,22)/t9-,10-/m0/s1. The van der Waals surface area contributed by atoms with Crippen LogP contribution in [-0.4, -0.2) is 27.9 Å². The van der Waals surface area contributed by atoms with Crippen LogP contribution in [0.5, 0.6) is 0 Å². The lowest BCUT2D eigenvalue weighted by molar-refractivity contribution is 0.0547. The number of aromatic carboxylic acids is 1. The third-order valence-corrected chi connectivity index (χ3v) is 4.25. The van der Waals surface area contributed by atoms with Gasteiger partial charge in [-0.1, -0.05) is 6.07 Å². The predicted molar refractivity (Wildman–Crippen MR) is 79.8 cm³/mol. The van der Waals surface area contributed by atoms with Gasteiger partial charge in [-0.15, -0.1) is 0 Å². The number of carboxylic acids is 1. The first-order valence-corrected chi connectivity index (χ1v) is 7.31. The highest BCUT2D eigenvalue weighted by atomic mass is 19.1. The molecule has 1 aliphatic rings.